The van der Waals surface area contributed by atoms with Crippen LogP contribution in [0.15, 0.2) is 0 Å². The molecule has 3 atom stereocenters. The van der Waals surface area contributed by atoms with E-state index >= 15 is 0 Å². The van der Waals surface area contributed by atoms with Gasteiger partial charge in [-0.05, 0) is 43.6 Å². The van der Waals surface area contributed by atoms with Gasteiger partial charge in [0, 0.05) is 32.8 Å². The van der Waals surface area contributed by atoms with Crippen LogP contribution in [-0.4, -0.2) is 55.4 Å². The van der Waals surface area contributed by atoms with Crippen molar-refractivity contribution >= 4 is 6.03 Å². The summed E-state index contributed by atoms with van der Waals surface area (Å²) in [5.74, 6) is 1.90. The summed E-state index contributed by atoms with van der Waals surface area (Å²) in [4.78, 5) is 14.1. The van der Waals surface area contributed by atoms with Crippen molar-refractivity contribution in [2.24, 2.45) is 17.8 Å². The number of hydrogen-bond acceptors (Lipinski definition) is 3. The number of nitrogens with zero attached hydrogens (tertiary/aromatic N) is 1. The summed E-state index contributed by atoms with van der Waals surface area (Å²) in [5.41, 5.74) is 0. The molecule has 2 amide bonds. The molecule has 0 aromatic carbocycles. The van der Waals surface area contributed by atoms with E-state index in [-0.39, 0.29) is 12.6 Å². The molecule has 1 fully saturated rings. The van der Waals surface area contributed by atoms with Crippen LogP contribution >= 0.6 is 0 Å². The smallest absolute Gasteiger partial charge is 0.314 e. The Morgan fingerprint density at radius 2 is 1.95 bits per heavy atom. The Labute approximate surface area is 129 Å². The van der Waals surface area contributed by atoms with Gasteiger partial charge < -0.3 is 20.6 Å². The van der Waals surface area contributed by atoms with Gasteiger partial charge in [0.1, 0.15) is 0 Å². The van der Waals surface area contributed by atoms with E-state index in [0.717, 1.165) is 37.8 Å². The first-order valence-electron chi connectivity index (χ1n) is 8.36. The average molecular weight is 299 g/mol. The van der Waals surface area contributed by atoms with Gasteiger partial charge in [0.2, 0.25) is 0 Å². The summed E-state index contributed by atoms with van der Waals surface area (Å²) in [6, 6.07) is -0.0971. The molecule has 0 aliphatic carbocycles. The van der Waals surface area contributed by atoms with Gasteiger partial charge in [0.05, 0.1) is 0 Å². The SMILES string of the molecule is CC(CCO)CNC(=O)NCCCN1CC(C)CC(C)C1. The number of aliphatic hydroxyl groups excluding tert-OH is 1. The van der Waals surface area contributed by atoms with Gasteiger partial charge in [-0.2, -0.15) is 0 Å². The molecule has 1 saturated heterocycles. The fraction of sp³-hybridized carbons (Fsp3) is 0.938. The van der Waals surface area contributed by atoms with Crippen LogP contribution in [0, 0.1) is 17.8 Å². The molecule has 5 heteroatoms. The van der Waals surface area contributed by atoms with E-state index in [1.165, 1.54) is 19.5 Å². The lowest BCUT2D eigenvalue weighted by Gasteiger charge is -2.34. The van der Waals surface area contributed by atoms with Crippen molar-refractivity contribution in [2.75, 3.05) is 39.3 Å². The molecule has 3 unspecified atom stereocenters. The van der Waals surface area contributed by atoms with Crippen molar-refractivity contribution in [3.8, 4) is 0 Å². The van der Waals surface area contributed by atoms with Gasteiger partial charge in [-0.3, -0.25) is 0 Å². The number of carbonyl (C=O) groups is 1. The largest absolute Gasteiger partial charge is 0.396 e. The fourth-order valence-electron chi connectivity index (χ4n) is 3.13. The summed E-state index contributed by atoms with van der Waals surface area (Å²) in [7, 11) is 0. The van der Waals surface area contributed by atoms with E-state index in [0.29, 0.717) is 12.5 Å². The maximum atomic E-state index is 11.6. The van der Waals surface area contributed by atoms with Crippen molar-refractivity contribution in [2.45, 2.75) is 40.0 Å². The Morgan fingerprint density at radius 3 is 2.57 bits per heavy atom. The molecule has 1 rings (SSSR count). The highest BCUT2D eigenvalue weighted by atomic mass is 16.3. The second kappa shape index (κ2) is 10.0. The number of amides is 2. The molecule has 1 aliphatic heterocycles. The quantitative estimate of drug-likeness (QED) is 0.597. The highest BCUT2D eigenvalue weighted by molar-refractivity contribution is 5.73. The Hall–Kier alpha value is -0.810. The van der Waals surface area contributed by atoms with Gasteiger partial charge >= 0.3 is 6.03 Å². The second-order valence-corrected chi connectivity index (χ2v) is 6.81. The van der Waals surface area contributed by atoms with Crippen molar-refractivity contribution < 1.29 is 9.90 Å². The lowest BCUT2D eigenvalue weighted by atomic mass is 9.92. The number of likely N-dealkylation sites (tertiary alicyclic amines) is 1. The minimum Gasteiger partial charge on any atom is -0.396 e. The molecule has 0 aromatic heterocycles. The van der Waals surface area contributed by atoms with E-state index in [4.69, 9.17) is 5.11 Å². The summed E-state index contributed by atoms with van der Waals surface area (Å²) in [5, 5.41) is 14.6. The van der Waals surface area contributed by atoms with Crippen LogP contribution in [0.1, 0.15) is 40.0 Å². The third-order valence-electron chi connectivity index (χ3n) is 4.11. The number of aliphatic hydroxyl groups is 1. The fourth-order valence-corrected chi connectivity index (χ4v) is 3.13. The number of hydrogen-bond donors (Lipinski definition) is 3. The summed E-state index contributed by atoms with van der Waals surface area (Å²) < 4.78 is 0. The monoisotopic (exact) mass is 299 g/mol. The highest BCUT2D eigenvalue weighted by Gasteiger charge is 2.20. The molecule has 5 nitrogen and oxygen atoms in total. The Bertz CT molecular complexity index is 289. The van der Waals surface area contributed by atoms with Crippen LogP contribution in [0.2, 0.25) is 0 Å². The van der Waals surface area contributed by atoms with Crippen LogP contribution < -0.4 is 10.6 Å². The number of rotatable bonds is 8. The molecule has 3 N–H and O–H groups in total. The van der Waals surface area contributed by atoms with Crippen molar-refractivity contribution in [3.05, 3.63) is 0 Å². The van der Waals surface area contributed by atoms with E-state index < -0.39 is 0 Å². The predicted octanol–water partition coefficient (Wildman–Crippen LogP) is 1.67. The van der Waals surface area contributed by atoms with Gasteiger partial charge in [0.15, 0.2) is 0 Å². The minimum atomic E-state index is -0.0971. The molecule has 0 saturated carbocycles. The van der Waals surface area contributed by atoms with E-state index in [1.807, 2.05) is 6.92 Å². The minimum absolute atomic E-state index is 0.0971. The molecule has 0 aromatic rings. The lowest BCUT2D eigenvalue weighted by molar-refractivity contribution is 0.139. The van der Waals surface area contributed by atoms with Crippen LogP contribution in [0.5, 0.6) is 0 Å². The molecule has 124 valence electrons. The number of piperidine rings is 1. The Kier molecular flexibility index (Phi) is 8.69. The van der Waals surface area contributed by atoms with E-state index in [9.17, 15) is 4.79 Å². The molecule has 1 heterocycles. The van der Waals surface area contributed by atoms with E-state index in [1.54, 1.807) is 0 Å². The van der Waals surface area contributed by atoms with Crippen LogP contribution in [0.25, 0.3) is 0 Å². The zero-order chi connectivity index (χ0) is 15.7. The predicted molar refractivity (Wildman–Crippen MR) is 86.3 cm³/mol. The van der Waals surface area contributed by atoms with Crippen LogP contribution in [-0.2, 0) is 0 Å². The van der Waals surface area contributed by atoms with Gasteiger partial charge in [-0.25, -0.2) is 4.79 Å². The molecule has 1 aliphatic rings. The van der Waals surface area contributed by atoms with Crippen molar-refractivity contribution in [1.29, 1.82) is 0 Å². The molecule has 0 bridgehead atoms. The summed E-state index contributed by atoms with van der Waals surface area (Å²) in [6.45, 7) is 11.6. The summed E-state index contributed by atoms with van der Waals surface area (Å²) in [6.07, 6.45) is 3.06. The van der Waals surface area contributed by atoms with Gasteiger partial charge in [-0.1, -0.05) is 20.8 Å². The molecular formula is C16H33N3O2. The van der Waals surface area contributed by atoms with Gasteiger partial charge in [0.25, 0.3) is 0 Å². The average Bonchev–Trinajstić information content (AvgIpc) is 2.41. The zero-order valence-corrected chi connectivity index (χ0v) is 13.9. The Morgan fingerprint density at radius 1 is 1.29 bits per heavy atom. The van der Waals surface area contributed by atoms with Crippen molar-refractivity contribution in [3.63, 3.8) is 0 Å². The third kappa shape index (κ3) is 8.27. The maximum Gasteiger partial charge on any atom is 0.314 e. The zero-order valence-electron chi connectivity index (χ0n) is 13.9. The van der Waals surface area contributed by atoms with Crippen molar-refractivity contribution in [1.82, 2.24) is 15.5 Å². The van der Waals surface area contributed by atoms with Gasteiger partial charge in [-0.15, -0.1) is 0 Å². The summed E-state index contributed by atoms with van der Waals surface area (Å²) >= 11 is 0. The topological polar surface area (TPSA) is 64.6 Å². The first-order valence-corrected chi connectivity index (χ1v) is 8.36. The van der Waals surface area contributed by atoms with Crippen LogP contribution in [0.3, 0.4) is 0 Å². The molecular weight excluding hydrogens is 266 g/mol. The normalized spacial score (nSPS) is 24.6. The molecule has 0 radical (unpaired) electrons. The van der Waals surface area contributed by atoms with E-state index in [2.05, 4.69) is 29.4 Å². The maximum absolute atomic E-state index is 11.6. The first kappa shape index (κ1) is 18.2. The Balaban J connectivity index is 2.04. The number of carbonyl (C=O) groups excluding carboxylic acids is 1. The molecule has 0 spiro atoms. The highest BCUT2D eigenvalue weighted by Crippen LogP contribution is 2.20. The third-order valence-corrected chi connectivity index (χ3v) is 4.11. The number of urea groups is 1. The standard InChI is InChI=1S/C16H33N3O2/c1-13(5-8-20)10-18-16(21)17-6-4-7-19-11-14(2)9-15(3)12-19/h13-15,20H,4-12H2,1-3H3,(H2,17,18,21). The number of nitrogens with one attached hydrogen (secondary N) is 2. The van der Waals surface area contributed by atoms with Crippen LogP contribution in [0.4, 0.5) is 4.79 Å². The first-order chi connectivity index (χ1) is 10.0. The molecule has 21 heavy (non-hydrogen) atoms. The lowest BCUT2D eigenvalue weighted by Crippen LogP contribution is -2.41. The second-order valence-electron chi connectivity index (χ2n) is 6.81.